The zero-order valence-corrected chi connectivity index (χ0v) is 18.3. The number of benzene rings is 2. The van der Waals surface area contributed by atoms with Gasteiger partial charge in [-0.3, -0.25) is 9.59 Å². The van der Waals surface area contributed by atoms with Crippen LogP contribution in [0.15, 0.2) is 66.0 Å². The topological polar surface area (TPSA) is 40.6 Å². The SMILES string of the molecule is Cc1ccsc1CN(Cc1ccccc1)C(=O)CN(C(=O)c1ccccc1F)C1CC1. The Morgan fingerprint density at radius 3 is 2.35 bits per heavy atom. The molecule has 0 saturated heterocycles. The Hall–Kier alpha value is -2.99. The van der Waals surface area contributed by atoms with E-state index in [2.05, 4.69) is 0 Å². The van der Waals surface area contributed by atoms with Crippen LogP contribution in [0, 0.1) is 12.7 Å². The normalized spacial score (nSPS) is 13.1. The Balaban J connectivity index is 1.55. The van der Waals surface area contributed by atoms with E-state index in [1.54, 1.807) is 33.3 Å². The van der Waals surface area contributed by atoms with Gasteiger partial charge in [0.2, 0.25) is 5.91 Å². The molecule has 160 valence electrons. The molecule has 0 radical (unpaired) electrons. The Morgan fingerprint density at radius 1 is 1.00 bits per heavy atom. The maximum atomic E-state index is 14.2. The Morgan fingerprint density at radius 2 is 1.71 bits per heavy atom. The predicted octanol–water partition coefficient (Wildman–Crippen LogP) is 5.03. The van der Waals surface area contributed by atoms with Gasteiger partial charge in [-0.2, -0.15) is 0 Å². The highest BCUT2D eigenvalue weighted by molar-refractivity contribution is 7.10. The van der Waals surface area contributed by atoms with E-state index in [-0.39, 0.29) is 24.1 Å². The lowest BCUT2D eigenvalue weighted by Crippen LogP contribution is -2.43. The molecule has 0 atom stereocenters. The molecule has 3 aromatic rings. The highest BCUT2D eigenvalue weighted by Crippen LogP contribution is 2.29. The van der Waals surface area contributed by atoms with Crippen molar-refractivity contribution in [2.75, 3.05) is 6.54 Å². The second kappa shape index (κ2) is 9.43. The van der Waals surface area contributed by atoms with Gasteiger partial charge in [-0.05, 0) is 54.5 Å². The number of carbonyl (C=O) groups excluding carboxylic acids is 2. The third-order valence-electron chi connectivity index (χ3n) is 5.53. The second-order valence-electron chi connectivity index (χ2n) is 7.91. The minimum Gasteiger partial charge on any atom is -0.332 e. The maximum Gasteiger partial charge on any atom is 0.257 e. The third kappa shape index (κ3) is 5.20. The van der Waals surface area contributed by atoms with E-state index in [9.17, 15) is 14.0 Å². The number of aryl methyl sites for hydroxylation is 1. The van der Waals surface area contributed by atoms with E-state index < -0.39 is 11.7 Å². The summed E-state index contributed by atoms with van der Waals surface area (Å²) in [5.41, 5.74) is 2.20. The van der Waals surface area contributed by atoms with Crippen LogP contribution in [0.1, 0.15) is 39.2 Å². The first-order valence-corrected chi connectivity index (χ1v) is 11.3. The van der Waals surface area contributed by atoms with Crippen molar-refractivity contribution in [3.8, 4) is 0 Å². The van der Waals surface area contributed by atoms with E-state index in [1.165, 1.54) is 12.1 Å². The van der Waals surface area contributed by atoms with Crippen LogP contribution in [0.3, 0.4) is 0 Å². The summed E-state index contributed by atoms with van der Waals surface area (Å²) in [6.07, 6.45) is 1.69. The lowest BCUT2D eigenvalue weighted by atomic mass is 10.1. The van der Waals surface area contributed by atoms with Gasteiger partial charge in [0, 0.05) is 17.5 Å². The maximum absolute atomic E-state index is 14.2. The van der Waals surface area contributed by atoms with Crippen LogP contribution >= 0.6 is 11.3 Å². The number of hydrogen-bond acceptors (Lipinski definition) is 3. The van der Waals surface area contributed by atoms with Crippen molar-refractivity contribution in [2.24, 2.45) is 0 Å². The molecule has 2 aromatic carbocycles. The molecule has 4 rings (SSSR count). The zero-order valence-electron chi connectivity index (χ0n) is 17.5. The molecule has 1 fully saturated rings. The fourth-order valence-corrected chi connectivity index (χ4v) is 4.48. The number of nitrogens with zero attached hydrogens (tertiary/aromatic N) is 2. The van der Waals surface area contributed by atoms with Gasteiger partial charge in [0.1, 0.15) is 12.4 Å². The molecule has 0 N–H and O–H groups in total. The van der Waals surface area contributed by atoms with Gasteiger partial charge in [-0.1, -0.05) is 42.5 Å². The average Bonchev–Trinajstić information content (AvgIpc) is 3.54. The lowest BCUT2D eigenvalue weighted by Gasteiger charge is -2.28. The van der Waals surface area contributed by atoms with Gasteiger partial charge in [0.05, 0.1) is 12.1 Å². The van der Waals surface area contributed by atoms with Crippen LogP contribution in [0.5, 0.6) is 0 Å². The molecule has 31 heavy (non-hydrogen) atoms. The summed E-state index contributed by atoms with van der Waals surface area (Å²) in [7, 11) is 0. The number of halogens is 1. The highest BCUT2D eigenvalue weighted by atomic mass is 32.1. The first-order valence-electron chi connectivity index (χ1n) is 10.4. The molecular formula is C25H25FN2O2S. The van der Waals surface area contributed by atoms with E-state index in [0.717, 1.165) is 28.8 Å². The smallest absolute Gasteiger partial charge is 0.257 e. The van der Waals surface area contributed by atoms with Crippen molar-refractivity contribution in [1.82, 2.24) is 9.80 Å². The average molecular weight is 437 g/mol. The van der Waals surface area contributed by atoms with Crippen LogP contribution < -0.4 is 0 Å². The first-order chi connectivity index (χ1) is 15.0. The van der Waals surface area contributed by atoms with Crippen LogP contribution in [-0.2, 0) is 17.9 Å². The number of rotatable bonds is 8. The fraction of sp³-hybridized carbons (Fsp3) is 0.280. The van der Waals surface area contributed by atoms with Crippen LogP contribution in [0.25, 0.3) is 0 Å². The first kappa shape index (κ1) is 21.2. The summed E-state index contributed by atoms with van der Waals surface area (Å²) in [6.45, 7) is 2.94. The number of thiophene rings is 1. The van der Waals surface area contributed by atoms with Crippen molar-refractivity contribution in [3.05, 3.63) is 93.4 Å². The van der Waals surface area contributed by atoms with Gasteiger partial charge in [0.15, 0.2) is 0 Å². The molecule has 2 amide bonds. The van der Waals surface area contributed by atoms with Gasteiger partial charge >= 0.3 is 0 Å². The summed E-state index contributed by atoms with van der Waals surface area (Å²) in [5, 5.41) is 2.02. The van der Waals surface area contributed by atoms with E-state index in [4.69, 9.17) is 0 Å². The minimum absolute atomic E-state index is 0.00175. The monoisotopic (exact) mass is 436 g/mol. The molecule has 6 heteroatoms. The van der Waals surface area contributed by atoms with Crippen molar-refractivity contribution in [3.63, 3.8) is 0 Å². The molecule has 0 bridgehead atoms. The van der Waals surface area contributed by atoms with Gasteiger partial charge in [-0.25, -0.2) is 4.39 Å². The van der Waals surface area contributed by atoms with Crippen LogP contribution in [-0.4, -0.2) is 34.2 Å². The van der Waals surface area contributed by atoms with Crippen molar-refractivity contribution in [1.29, 1.82) is 0 Å². The van der Waals surface area contributed by atoms with E-state index in [0.29, 0.717) is 13.1 Å². The molecule has 1 aromatic heterocycles. The van der Waals surface area contributed by atoms with Crippen molar-refractivity contribution in [2.45, 2.75) is 38.9 Å². The van der Waals surface area contributed by atoms with Crippen LogP contribution in [0.2, 0.25) is 0 Å². The largest absolute Gasteiger partial charge is 0.332 e. The predicted molar refractivity (Wildman–Crippen MR) is 120 cm³/mol. The second-order valence-corrected chi connectivity index (χ2v) is 8.91. The Labute approximate surface area is 185 Å². The molecule has 1 aliphatic carbocycles. The summed E-state index contributed by atoms with van der Waals surface area (Å²) in [5.74, 6) is -1.10. The minimum atomic E-state index is -0.555. The molecule has 0 aliphatic heterocycles. The lowest BCUT2D eigenvalue weighted by molar-refractivity contribution is -0.133. The summed E-state index contributed by atoms with van der Waals surface area (Å²) < 4.78 is 14.2. The fourth-order valence-electron chi connectivity index (χ4n) is 3.56. The number of amides is 2. The van der Waals surface area contributed by atoms with Gasteiger partial charge in [0.25, 0.3) is 5.91 Å². The molecule has 0 unspecified atom stereocenters. The van der Waals surface area contributed by atoms with Crippen molar-refractivity contribution >= 4 is 23.2 Å². The molecule has 0 spiro atoms. The molecule has 1 saturated carbocycles. The molecule has 4 nitrogen and oxygen atoms in total. The summed E-state index contributed by atoms with van der Waals surface area (Å²) in [6, 6.07) is 17.8. The molecule has 1 aliphatic rings. The number of hydrogen-bond donors (Lipinski definition) is 0. The molecule has 1 heterocycles. The van der Waals surface area contributed by atoms with Crippen LogP contribution in [0.4, 0.5) is 4.39 Å². The standard InChI is InChI=1S/C25H25FN2O2S/c1-18-13-14-31-23(18)16-27(15-19-7-3-2-4-8-19)24(29)17-28(20-11-12-20)25(30)21-9-5-6-10-22(21)26/h2-10,13-14,20H,11-12,15-17H2,1H3. The van der Waals surface area contributed by atoms with E-state index in [1.807, 2.05) is 48.7 Å². The summed E-state index contributed by atoms with van der Waals surface area (Å²) in [4.78, 5) is 30.9. The summed E-state index contributed by atoms with van der Waals surface area (Å²) >= 11 is 1.62. The third-order valence-corrected chi connectivity index (χ3v) is 6.54. The Kier molecular flexibility index (Phi) is 6.47. The van der Waals surface area contributed by atoms with Crippen molar-refractivity contribution < 1.29 is 14.0 Å². The highest BCUT2D eigenvalue weighted by Gasteiger charge is 2.36. The quantitative estimate of drug-likeness (QED) is 0.497. The van der Waals surface area contributed by atoms with Gasteiger partial charge < -0.3 is 9.80 Å². The van der Waals surface area contributed by atoms with Gasteiger partial charge in [-0.15, -0.1) is 11.3 Å². The Bertz CT molecular complexity index is 1060. The number of carbonyl (C=O) groups is 2. The van der Waals surface area contributed by atoms with E-state index >= 15 is 0 Å². The zero-order chi connectivity index (χ0) is 21.8. The molecular weight excluding hydrogens is 411 g/mol.